The van der Waals surface area contributed by atoms with Crippen LogP contribution in [0.25, 0.3) is 0 Å². The summed E-state index contributed by atoms with van der Waals surface area (Å²) in [5.74, 6) is 1.40. The van der Waals surface area contributed by atoms with E-state index < -0.39 is 0 Å². The Kier molecular flexibility index (Phi) is 2.13. The minimum atomic E-state index is 0.399. The summed E-state index contributed by atoms with van der Waals surface area (Å²) in [4.78, 5) is 4.16. The molecule has 0 radical (unpaired) electrons. The van der Waals surface area contributed by atoms with Crippen LogP contribution in [0, 0.1) is 0 Å². The van der Waals surface area contributed by atoms with Gasteiger partial charge in [0.1, 0.15) is 6.26 Å². The van der Waals surface area contributed by atoms with Gasteiger partial charge in [-0.2, -0.15) is 0 Å². The second kappa shape index (κ2) is 3.27. The highest BCUT2D eigenvalue weighted by molar-refractivity contribution is 4.94. The van der Waals surface area contributed by atoms with Gasteiger partial charge in [-0.15, -0.1) is 0 Å². The molecule has 0 unspecified atom stereocenters. The van der Waals surface area contributed by atoms with Crippen LogP contribution in [0.1, 0.15) is 37.5 Å². The number of nitrogens with two attached hydrogens (primary N) is 1. The molecule has 1 fully saturated rings. The molecule has 1 aliphatic rings. The lowest BCUT2D eigenvalue weighted by Gasteiger charge is -2.23. The zero-order valence-corrected chi connectivity index (χ0v) is 7.07. The summed E-state index contributed by atoms with van der Waals surface area (Å²) >= 11 is 0. The van der Waals surface area contributed by atoms with E-state index in [1.54, 1.807) is 12.5 Å². The first-order valence-corrected chi connectivity index (χ1v) is 4.51. The fraction of sp³-hybridized carbons (Fsp3) is 0.667. The average molecular weight is 166 g/mol. The maximum absolute atomic E-state index is 5.80. The van der Waals surface area contributed by atoms with Crippen molar-refractivity contribution in [3.63, 3.8) is 0 Å². The Morgan fingerprint density at radius 1 is 1.33 bits per heavy atom. The molecule has 0 amide bonds. The molecule has 0 bridgehead atoms. The molecule has 3 heteroatoms. The van der Waals surface area contributed by atoms with Crippen molar-refractivity contribution >= 4 is 0 Å². The van der Waals surface area contributed by atoms with Crippen LogP contribution in [-0.4, -0.2) is 11.0 Å². The van der Waals surface area contributed by atoms with E-state index in [-0.39, 0.29) is 0 Å². The van der Waals surface area contributed by atoms with E-state index in [9.17, 15) is 0 Å². The first kappa shape index (κ1) is 7.80. The van der Waals surface area contributed by atoms with Crippen LogP contribution < -0.4 is 5.73 Å². The Morgan fingerprint density at radius 2 is 2.08 bits per heavy atom. The van der Waals surface area contributed by atoms with Crippen LogP contribution in [0.4, 0.5) is 0 Å². The molecular formula is C9H14N2O. The second-order valence-electron chi connectivity index (χ2n) is 3.48. The van der Waals surface area contributed by atoms with Crippen LogP contribution in [-0.2, 0) is 0 Å². The third kappa shape index (κ3) is 1.50. The molecule has 12 heavy (non-hydrogen) atoms. The third-order valence-electron chi connectivity index (χ3n) is 2.57. The Balaban J connectivity index is 1.99. The molecule has 0 saturated heterocycles. The maximum Gasteiger partial charge on any atom is 0.197 e. The van der Waals surface area contributed by atoms with E-state index in [0.29, 0.717) is 12.0 Å². The van der Waals surface area contributed by atoms with Crippen LogP contribution in [0.3, 0.4) is 0 Å². The first-order valence-electron chi connectivity index (χ1n) is 4.51. The molecular weight excluding hydrogens is 152 g/mol. The fourth-order valence-electron chi connectivity index (χ4n) is 1.80. The Bertz CT molecular complexity index is 225. The lowest BCUT2D eigenvalue weighted by molar-refractivity contribution is 0.339. The molecule has 2 rings (SSSR count). The average Bonchev–Trinajstić information content (AvgIpc) is 2.58. The van der Waals surface area contributed by atoms with Crippen molar-refractivity contribution in [2.24, 2.45) is 5.73 Å². The third-order valence-corrected chi connectivity index (χ3v) is 2.57. The summed E-state index contributed by atoms with van der Waals surface area (Å²) in [5, 5.41) is 0. The molecule has 2 N–H and O–H groups in total. The highest BCUT2D eigenvalue weighted by Gasteiger charge is 2.22. The Labute approximate surface area is 72.0 Å². The second-order valence-corrected chi connectivity index (χ2v) is 3.48. The van der Waals surface area contributed by atoms with Crippen molar-refractivity contribution in [2.45, 2.75) is 37.6 Å². The van der Waals surface area contributed by atoms with Crippen molar-refractivity contribution in [1.29, 1.82) is 0 Å². The molecule has 1 heterocycles. The topological polar surface area (TPSA) is 52.0 Å². The lowest BCUT2D eigenvalue weighted by Crippen LogP contribution is -2.25. The van der Waals surface area contributed by atoms with Crippen LogP contribution in [0.15, 0.2) is 16.9 Å². The zero-order valence-electron chi connectivity index (χ0n) is 7.07. The normalized spacial score (nSPS) is 30.4. The number of hydrogen-bond donors (Lipinski definition) is 1. The summed E-state index contributed by atoms with van der Waals surface area (Å²) in [5.41, 5.74) is 5.80. The van der Waals surface area contributed by atoms with E-state index >= 15 is 0 Å². The van der Waals surface area contributed by atoms with Gasteiger partial charge in [-0.1, -0.05) is 0 Å². The smallest absolute Gasteiger partial charge is 0.197 e. The summed E-state index contributed by atoms with van der Waals surface area (Å²) in [6.07, 6.45) is 7.82. The number of aromatic nitrogens is 1. The fourth-order valence-corrected chi connectivity index (χ4v) is 1.80. The van der Waals surface area contributed by atoms with Gasteiger partial charge in [-0.3, -0.25) is 0 Å². The Hall–Kier alpha value is -0.830. The highest BCUT2D eigenvalue weighted by atomic mass is 16.3. The van der Waals surface area contributed by atoms with E-state index in [1.807, 2.05) is 0 Å². The summed E-state index contributed by atoms with van der Waals surface area (Å²) in [7, 11) is 0. The molecule has 0 spiro atoms. The molecule has 1 aromatic rings. The molecule has 0 atom stereocenters. The van der Waals surface area contributed by atoms with Crippen LogP contribution in [0.2, 0.25) is 0 Å². The highest BCUT2D eigenvalue weighted by Crippen LogP contribution is 2.30. The van der Waals surface area contributed by atoms with Crippen LogP contribution in [0.5, 0.6) is 0 Å². The molecule has 66 valence electrons. The minimum Gasteiger partial charge on any atom is -0.449 e. The van der Waals surface area contributed by atoms with Crippen LogP contribution >= 0.6 is 0 Å². The van der Waals surface area contributed by atoms with Crippen molar-refractivity contribution < 1.29 is 4.42 Å². The van der Waals surface area contributed by atoms with E-state index in [2.05, 4.69) is 4.98 Å². The zero-order chi connectivity index (χ0) is 8.39. The van der Waals surface area contributed by atoms with Gasteiger partial charge in [0.05, 0.1) is 6.20 Å². The maximum atomic E-state index is 5.80. The van der Waals surface area contributed by atoms with E-state index in [4.69, 9.17) is 10.2 Å². The van der Waals surface area contributed by atoms with Gasteiger partial charge in [0.2, 0.25) is 0 Å². The molecule has 3 nitrogen and oxygen atoms in total. The van der Waals surface area contributed by atoms with Crippen molar-refractivity contribution in [3.8, 4) is 0 Å². The van der Waals surface area contributed by atoms with Crippen molar-refractivity contribution in [2.75, 3.05) is 0 Å². The van der Waals surface area contributed by atoms with Gasteiger partial charge in [-0.25, -0.2) is 4.98 Å². The van der Waals surface area contributed by atoms with Gasteiger partial charge in [0.15, 0.2) is 5.89 Å². The molecule has 1 aromatic heterocycles. The summed E-state index contributed by atoms with van der Waals surface area (Å²) < 4.78 is 5.26. The molecule has 1 saturated carbocycles. The Morgan fingerprint density at radius 3 is 2.67 bits per heavy atom. The minimum absolute atomic E-state index is 0.399. The molecule has 0 aromatic carbocycles. The number of hydrogen-bond acceptors (Lipinski definition) is 3. The standard InChI is InChI=1S/C9H14N2O/c10-8-3-1-7(2-4-8)9-11-5-6-12-9/h5-8H,1-4,10H2. The predicted octanol–water partition coefficient (Wildman–Crippen LogP) is 1.66. The SMILES string of the molecule is NC1CCC(c2ncco2)CC1. The monoisotopic (exact) mass is 166 g/mol. The largest absolute Gasteiger partial charge is 0.449 e. The van der Waals surface area contributed by atoms with Gasteiger partial charge in [0, 0.05) is 12.0 Å². The lowest BCUT2D eigenvalue weighted by atomic mass is 9.86. The van der Waals surface area contributed by atoms with Crippen molar-refractivity contribution in [3.05, 3.63) is 18.4 Å². The summed E-state index contributed by atoms with van der Waals surface area (Å²) in [6, 6.07) is 0.399. The quantitative estimate of drug-likeness (QED) is 0.690. The number of rotatable bonds is 1. The van der Waals surface area contributed by atoms with Gasteiger partial charge in [0.25, 0.3) is 0 Å². The molecule has 0 aliphatic heterocycles. The predicted molar refractivity (Wildman–Crippen MR) is 45.7 cm³/mol. The van der Waals surface area contributed by atoms with Gasteiger partial charge in [-0.05, 0) is 25.7 Å². The van der Waals surface area contributed by atoms with E-state index in [0.717, 1.165) is 31.6 Å². The number of nitrogens with zero attached hydrogens (tertiary/aromatic N) is 1. The van der Waals surface area contributed by atoms with E-state index in [1.165, 1.54) is 0 Å². The van der Waals surface area contributed by atoms with Gasteiger partial charge < -0.3 is 10.2 Å². The van der Waals surface area contributed by atoms with Crippen molar-refractivity contribution in [1.82, 2.24) is 4.98 Å². The molecule has 1 aliphatic carbocycles. The van der Waals surface area contributed by atoms with Gasteiger partial charge >= 0.3 is 0 Å². The first-order chi connectivity index (χ1) is 5.86. The summed E-state index contributed by atoms with van der Waals surface area (Å²) in [6.45, 7) is 0. The number of oxazole rings is 1.